The van der Waals surface area contributed by atoms with Gasteiger partial charge in [-0.2, -0.15) is 5.10 Å². The van der Waals surface area contributed by atoms with Crippen LogP contribution in [0.3, 0.4) is 0 Å². The summed E-state index contributed by atoms with van der Waals surface area (Å²) in [5.41, 5.74) is 2.79. The molecule has 2 fully saturated rings. The normalized spacial score (nSPS) is 17.8. The van der Waals surface area contributed by atoms with Gasteiger partial charge in [-0.1, -0.05) is 30.3 Å². The van der Waals surface area contributed by atoms with Crippen molar-refractivity contribution in [3.05, 3.63) is 82.4 Å². The van der Waals surface area contributed by atoms with Gasteiger partial charge in [0.15, 0.2) is 5.01 Å². The van der Waals surface area contributed by atoms with Gasteiger partial charge in [0.05, 0.1) is 11.6 Å². The van der Waals surface area contributed by atoms with Crippen molar-refractivity contribution in [2.75, 3.05) is 39.3 Å². The summed E-state index contributed by atoms with van der Waals surface area (Å²) in [5.74, 6) is 0.0848. The number of amides is 2. The smallest absolute Gasteiger partial charge is 0.282 e. The van der Waals surface area contributed by atoms with Crippen LogP contribution < -0.4 is 0 Å². The fourth-order valence-electron chi connectivity index (χ4n) is 5.05. The summed E-state index contributed by atoms with van der Waals surface area (Å²) >= 11 is 1.39. The molecular formula is C27H28N6O2S. The van der Waals surface area contributed by atoms with Crippen molar-refractivity contribution in [3.63, 3.8) is 0 Å². The van der Waals surface area contributed by atoms with Crippen LogP contribution in [0.1, 0.15) is 38.7 Å². The first kappa shape index (κ1) is 22.9. The van der Waals surface area contributed by atoms with Gasteiger partial charge >= 0.3 is 0 Å². The van der Waals surface area contributed by atoms with E-state index in [9.17, 15) is 9.59 Å². The lowest BCUT2D eigenvalue weighted by atomic mass is 10.0. The molecule has 0 aliphatic carbocycles. The monoisotopic (exact) mass is 500 g/mol. The fraction of sp³-hybridized carbons (Fsp3) is 0.333. The van der Waals surface area contributed by atoms with Gasteiger partial charge in [0.2, 0.25) is 0 Å². The van der Waals surface area contributed by atoms with Crippen LogP contribution in [0.2, 0.25) is 0 Å². The van der Waals surface area contributed by atoms with Crippen molar-refractivity contribution in [3.8, 4) is 0 Å². The van der Waals surface area contributed by atoms with E-state index < -0.39 is 0 Å². The third kappa shape index (κ3) is 4.29. The molecule has 2 aromatic heterocycles. The highest BCUT2D eigenvalue weighted by molar-refractivity contribution is 7.11. The number of carbonyl (C=O) groups is 2. The number of thiazole rings is 1. The average Bonchev–Trinajstić information content (AvgIpc) is 3.58. The minimum absolute atomic E-state index is 0.0203. The Bertz CT molecular complexity index is 1370. The van der Waals surface area contributed by atoms with Crippen LogP contribution >= 0.6 is 11.3 Å². The van der Waals surface area contributed by atoms with Gasteiger partial charge in [0, 0.05) is 74.0 Å². The first-order chi connectivity index (χ1) is 17.6. The van der Waals surface area contributed by atoms with E-state index in [1.165, 1.54) is 16.9 Å². The SMILES string of the molecule is CC(c1ccccc1)n1cc2cc(C(=O)N3CC(N4CCN(C(=O)c5nccs5)CC4)C3)ccc2n1. The van der Waals surface area contributed by atoms with Crippen LogP contribution in [-0.4, -0.2) is 86.6 Å². The van der Waals surface area contributed by atoms with E-state index in [4.69, 9.17) is 5.10 Å². The highest BCUT2D eigenvalue weighted by Crippen LogP contribution is 2.24. The Kier molecular flexibility index (Phi) is 6.02. The molecule has 2 aromatic carbocycles. The molecule has 4 aromatic rings. The first-order valence-corrected chi connectivity index (χ1v) is 13.2. The molecule has 4 heterocycles. The Morgan fingerprint density at radius 1 is 0.972 bits per heavy atom. The Morgan fingerprint density at radius 2 is 1.75 bits per heavy atom. The number of nitrogens with zero attached hydrogens (tertiary/aromatic N) is 6. The van der Waals surface area contributed by atoms with Crippen molar-refractivity contribution < 1.29 is 9.59 Å². The molecule has 0 bridgehead atoms. The van der Waals surface area contributed by atoms with Gasteiger partial charge in [-0.15, -0.1) is 11.3 Å². The summed E-state index contributed by atoms with van der Waals surface area (Å²) in [7, 11) is 0. The maximum Gasteiger partial charge on any atom is 0.282 e. The zero-order valence-corrected chi connectivity index (χ0v) is 21.0. The van der Waals surface area contributed by atoms with Crippen molar-refractivity contribution >= 4 is 34.1 Å². The van der Waals surface area contributed by atoms with Crippen LogP contribution in [0.5, 0.6) is 0 Å². The van der Waals surface area contributed by atoms with Crippen molar-refractivity contribution in [2.24, 2.45) is 0 Å². The standard InChI is InChI=1S/C27H28N6O2S/c1-19(20-5-3-2-4-6-20)33-16-22-15-21(7-8-24(22)29-33)26(34)32-17-23(18-32)30-10-12-31(13-11-30)27(35)25-28-9-14-36-25/h2-9,14-16,19,23H,10-13,17-18H2,1H3. The fourth-order valence-corrected chi connectivity index (χ4v) is 5.65. The summed E-state index contributed by atoms with van der Waals surface area (Å²) in [6.07, 6.45) is 3.69. The van der Waals surface area contributed by atoms with Crippen molar-refractivity contribution in [1.29, 1.82) is 0 Å². The van der Waals surface area contributed by atoms with E-state index in [0.29, 0.717) is 29.7 Å². The highest BCUT2D eigenvalue weighted by Gasteiger charge is 2.37. The van der Waals surface area contributed by atoms with Gasteiger partial charge in [0.1, 0.15) is 0 Å². The molecule has 8 nitrogen and oxygen atoms in total. The predicted molar refractivity (Wildman–Crippen MR) is 139 cm³/mol. The Balaban J connectivity index is 1.05. The van der Waals surface area contributed by atoms with Crippen LogP contribution in [-0.2, 0) is 0 Å². The molecule has 2 aliphatic heterocycles. The van der Waals surface area contributed by atoms with Gasteiger partial charge in [-0.25, -0.2) is 4.98 Å². The van der Waals surface area contributed by atoms with Crippen molar-refractivity contribution in [2.45, 2.75) is 19.0 Å². The summed E-state index contributed by atoms with van der Waals surface area (Å²) in [4.78, 5) is 36.0. The van der Waals surface area contributed by atoms with Crippen LogP contribution in [0, 0.1) is 0 Å². The number of benzene rings is 2. The minimum atomic E-state index is 0.0203. The number of aromatic nitrogens is 3. The molecule has 1 unspecified atom stereocenters. The van der Waals surface area contributed by atoms with E-state index >= 15 is 0 Å². The number of fused-ring (bicyclic) bond motifs is 1. The number of carbonyl (C=O) groups excluding carboxylic acids is 2. The highest BCUT2D eigenvalue weighted by atomic mass is 32.1. The van der Waals surface area contributed by atoms with Gasteiger partial charge in [0.25, 0.3) is 11.8 Å². The van der Waals surface area contributed by atoms with E-state index in [-0.39, 0.29) is 17.9 Å². The van der Waals surface area contributed by atoms with E-state index in [1.807, 2.05) is 62.5 Å². The topological polar surface area (TPSA) is 74.6 Å². The summed E-state index contributed by atoms with van der Waals surface area (Å²) in [6, 6.07) is 16.5. The molecule has 0 spiro atoms. The van der Waals surface area contributed by atoms with Gasteiger partial charge in [-0.05, 0) is 30.7 Å². The van der Waals surface area contributed by atoms with Crippen LogP contribution in [0.15, 0.2) is 66.3 Å². The zero-order chi connectivity index (χ0) is 24.6. The van der Waals surface area contributed by atoms with E-state index in [2.05, 4.69) is 28.9 Å². The average molecular weight is 501 g/mol. The van der Waals surface area contributed by atoms with Crippen LogP contribution in [0.25, 0.3) is 10.9 Å². The summed E-state index contributed by atoms with van der Waals surface area (Å²) in [6.45, 7) is 6.63. The summed E-state index contributed by atoms with van der Waals surface area (Å²) < 4.78 is 1.97. The lowest BCUT2D eigenvalue weighted by Gasteiger charge is -2.48. The minimum Gasteiger partial charge on any atom is -0.335 e. The third-order valence-electron chi connectivity index (χ3n) is 7.33. The molecule has 0 radical (unpaired) electrons. The molecule has 1 atom stereocenters. The van der Waals surface area contributed by atoms with E-state index in [0.717, 1.165) is 37.1 Å². The molecule has 184 valence electrons. The maximum atomic E-state index is 13.2. The number of hydrogen-bond donors (Lipinski definition) is 0. The second-order valence-corrected chi connectivity index (χ2v) is 10.4. The molecule has 36 heavy (non-hydrogen) atoms. The molecule has 9 heteroatoms. The van der Waals surface area contributed by atoms with Crippen LogP contribution in [0.4, 0.5) is 0 Å². The van der Waals surface area contributed by atoms with Crippen molar-refractivity contribution in [1.82, 2.24) is 29.5 Å². The lowest BCUT2D eigenvalue weighted by Crippen LogP contribution is -2.64. The molecule has 6 rings (SSSR count). The molecular weight excluding hydrogens is 472 g/mol. The number of rotatable bonds is 5. The molecule has 0 saturated carbocycles. The lowest BCUT2D eigenvalue weighted by molar-refractivity contribution is 0.00854. The van der Waals surface area contributed by atoms with E-state index in [1.54, 1.807) is 6.20 Å². The molecule has 2 amide bonds. The zero-order valence-electron chi connectivity index (χ0n) is 20.2. The quantitative estimate of drug-likeness (QED) is 0.420. The Hall–Kier alpha value is -3.56. The molecule has 0 N–H and O–H groups in total. The van der Waals surface area contributed by atoms with Gasteiger partial charge < -0.3 is 9.80 Å². The number of hydrogen-bond acceptors (Lipinski definition) is 6. The Labute approximate surface area is 213 Å². The number of likely N-dealkylation sites (tertiary alicyclic amines) is 1. The maximum absolute atomic E-state index is 13.2. The molecule has 2 saturated heterocycles. The second kappa shape index (κ2) is 9.48. The Morgan fingerprint density at radius 3 is 2.47 bits per heavy atom. The predicted octanol–water partition coefficient (Wildman–Crippen LogP) is 3.38. The first-order valence-electron chi connectivity index (χ1n) is 12.3. The third-order valence-corrected chi connectivity index (χ3v) is 8.09. The van der Waals surface area contributed by atoms with Gasteiger partial charge in [-0.3, -0.25) is 19.2 Å². The molecule has 2 aliphatic rings. The second-order valence-electron chi connectivity index (χ2n) is 9.50. The largest absolute Gasteiger partial charge is 0.335 e. The number of piperazine rings is 1. The summed E-state index contributed by atoms with van der Waals surface area (Å²) in [5, 5.41) is 8.09.